The molecule has 6 heteroatoms. The molecular weight excluding hydrogens is 147 g/mol. The largest absolute Gasteiger partial charge is 1.00 e. The Morgan fingerprint density at radius 2 is 2.20 bits per heavy atom. The predicted octanol–water partition coefficient (Wildman–Crippen LogP) is -4.87. The molecule has 0 aromatic carbocycles. The van der Waals surface area contributed by atoms with Gasteiger partial charge in [-0.2, -0.15) is 0 Å². The molecule has 0 aliphatic carbocycles. The quantitative estimate of drug-likeness (QED) is 0.215. The van der Waals surface area contributed by atoms with Crippen molar-refractivity contribution in [2.24, 2.45) is 5.73 Å². The predicted molar refractivity (Wildman–Crippen MR) is 28.0 cm³/mol. The van der Waals surface area contributed by atoms with Crippen molar-refractivity contribution in [2.45, 2.75) is 12.5 Å². The van der Waals surface area contributed by atoms with Crippen LogP contribution in [0.25, 0.3) is 0 Å². The molecule has 0 saturated heterocycles. The number of rotatable bonds is 3. The van der Waals surface area contributed by atoms with Crippen molar-refractivity contribution in [2.75, 3.05) is 0 Å². The number of hydrogen-bond acceptors (Lipinski definition) is 4. The van der Waals surface area contributed by atoms with E-state index in [0.29, 0.717) is 0 Å². The molecule has 0 saturated carbocycles. The van der Waals surface area contributed by atoms with Crippen molar-refractivity contribution in [3.63, 3.8) is 0 Å². The number of aliphatic carboxylic acids is 1. The van der Waals surface area contributed by atoms with E-state index < -0.39 is 24.3 Å². The van der Waals surface area contributed by atoms with Gasteiger partial charge in [0.25, 0.3) is 0 Å². The van der Waals surface area contributed by atoms with Crippen LogP contribution in [-0.4, -0.2) is 23.0 Å². The summed E-state index contributed by atoms with van der Waals surface area (Å²) in [5, 5.41) is 24.3. The third kappa shape index (κ3) is 6.03. The minimum Gasteiger partial charge on any atom is -0.862 e. The molecule has 0 aliphatic heterocycles. The fraction of sp³-hybridized carbons (Fsp3) is 0.500. The van der Waals surface area contributed by atoms with Gasteiger partial charge in [-0.15, -0.1) is 0 Å². The Bertz CT molecular complexity index is 138. The van der Waals surface area contributed by atoms with Crippen LogP contribution >= 0.6 is 0 Å². The summed E-state index contributed by atoms with van der Waals surface area (Å²) in [7, 11) is 0. The van der Waals surface area contributed by atoms with Gasteiger partial charge in [0.2, 0.25) is 0 Å². The van der Waals surface area contributed by atoms with Gasteiger partial charge >= 0.3 is 35.5 Å². The van der Waals surface area contributed by atoms with Crippen LogP contribution in [-0.2, 0) is 4.79 Å². The molecule has 0 aromatic rings. The first-order chi connectivity index (χ1) is 4.04. The second kappa shape index (κ2) is 5.67. The first-order valence-corrected chi connectivity index (χ1v) is 2.27. The van der Waals surface area contributed by atoms with Crippen LogP contribution < -0.4 is 40.4 Å². The second-order valence-corrected chi connectivity index (χ2v) is 1.57. The zero-order valence-corrected chi connectivity index (χ0v) is 7.63. The molecule has 0 unspecified atom stereocenters. The Kier molecular flexibility index (Phi) is 7.12. The molecule has 1 atom stereocenters. The average Bonchev–Trinajstić information content (AvgIpc) is 1.63. The molecule has 10 heavy (non-hydrogen) atoms. The van der Waals surface area contributed by atoms with Crippen molar-refractivity contribution >= 4 is 11.9 Å². The Hall–Kier alpha value is -0.100. The van der Waals surface area contributed by atoms with E-state index in [1.54, 1.807) is 0 Å². The van der Waals surface area contributed by atoms with E-state index in [4.69, 9.17) is 16.2 Å². The molecule has 0 bridgehead atoms. The number of nitrogens with one attached hydrogen (secondary N) is 1. The molecule has 0 heterocycles. The van der Waals surface area contributed by atoms with Crippen molar-refractivity contribution in [1.29, 1.82) is 5.41 Å². The summed E-state index contributed by atoms with van der Waals surface area (Å²) >= 11 is 0. The summed E-state index contributed by atoms with van der Waals surface area (Å²) in [5.41, 5.74) is 4.88. The van der Waals surface area contributed by atoms with Gasteiger partial charge in [-0.05, 0) is 5.90 Å². The summed E-state index contributed by atoms with van der Waals surface area (Å²) in [5.74, 6) is -2.21. The molecule has 4 N–H and O–H groups in total. The molecular formula is C4H7N2NaO3. The molecule has 0 aliphatic rings. The van der Waals surface area contributed by atoms with E-state index in [1.807, 2.05) is 0 Å². The maximum Gasteiger partial charge on any atom is 1.00 e. The van der Waals surface area contributed by atoms with E-state index >= 15 is 0 Å². The molecule has 0 spiro atoms. The number of carbonyl (C=O) groups is 1. The van der Waals surface area contributed by atoms with E-state index in [1.165, 1.54) is 0 Å². The third-order valence-corrected chi connectivity index (χ3v) is 0.723. The van der Waals surface area contributed by atoms with E-state index in [9.17, 15) is 9.90 Å². The Balaban J connectivity index is 0. The maximum atomic E-state index is 9.88. The van der Waals surface area contributed by atoms with Crippen molar-refractivity contribution in [3.05, 3.63) is 0 Å². The van der Waals surface area contributed by atoms with E-state index in [0.717, 1.165) is 0 Å². The van der Waals surface area contributed by atoms with Crippen LogP contribution in [0.3, 0.4) is 0 Å². The summed E-state index contributed by atoms with van der Waals surface area (Å²) < 4.78 is 0. The fourth-order valence-electron chi connectivity index (χ4n) is 0.287. The van der Waals surface area contributed by atoms with Crippen LogP contribution in [0.5, 0.6) is 0 Å². The van der Waals surface area contributed by atoms with Crippen LogP contribution in [0.1, 0.15) is 6.42 Å². The van der Waals surface area contributed by atoms with Crippen LogP contribution in [0.2, 0.25) is 0 Å². The number of carboxylic acid groups (broad SMARTS) is 1. The minimum atomic E-state index is -1.25. The molecule has 5 nitrogen and oxygen atoms in total. The van der Waals surface area contributed by atoms with Crippen LogP contribution in [0.15, 0.2) is 0 Å². The summed E-state index contributed by atoms with van der Waals surface area (Å²) in [6.45, 7) is 0. The van der Waals surface area contributed by atoms with Gasteiger partial charge in [0.05, 0.1) is 0 Å². The zero-order valence-electron chi connectivity index (χ0n) is 5.63. The van der Waals surface area contributed by atoms with Gasteiger partial charge in [0.1, 0.15) is 6.04 Å². The monoisotopic (exact) mass is 154 g/mol. The average molecular weight is 154 g/mol. The van der Waals surface area contributed by atoms with Gasteiger partial charge in [-0.1, -0.05) is 0 Å². The fourth-order valence-corrected chi connectivity index (χ4v) is 0.287. The van der Waals surface area contributed by atoms with Crippen molar-refractivity contribution in [1.82, 2.24) is 0 Å². The van der Waals surface area contributed by atoms with Crippen molar-refractivity contribution in [3.8, 4) is 0 Å². The molecule has 0 amide bonds. The summed E-state index contributed by atoms with van der Waals surface area (Å²) in [6, 6.07) is -1.23. The van der Waals surface area contributed by atoms with Gasteiger partial charge in [-0.3, -0.25) is 4.79 Å². The van der Waals surface area contributed by atoms with Gasteiger partial charge in [0, 0.05) is 6.42 Å². The molecule has 0 rings (SSSR count). The first-order valence-electron chi connectivity index (χ1n) is 2.27. The van der Waals surface area contributed by atoms with Crippen molar-refractivity contribution < 1.29 is 44.6 Å². The smallest absolute Gasteiger partial charge is 0.862 e. The van der Waals surface area contributed by atoms with Gasteiger partial charge in [0.15, 0.2) is 0 Å². The minimum absolute atomic E-state index is 0. The van der Waals surface area contributed by atoms with E-state index in [-0.39, 0.29) is 29.6 Å². The Morgan fingerprint density at radius 1 is 1.80 bits per heavy atom. The topological polar surface area (TPSA) is 110 Å². The summed E-state index contributed by atoms with van der Waals surface area (Å²) in [4.78, 5) is 9.87. The molecule has 0 radical (unpaired) electrons. The zero-order chi connectivity index (χ0) is 7.44. The molecule has 52 valence electrons. The van der Waals surface area contributed by atoms with E-state index in [2.05, 4.69) is 0 Å². The normalized spacial score (nSPS) is 11.3. The van der Waals surface area contributed by atoms with Gasteiger partial charge < -0.3 is 21.4 Å². The second-order valence-electron chi connectivity index (χ2n) is 1.57. The maximum absolute atomic E-state index is 9.88. The number of nitrogens with two attached hydrogens (primary N) is 1. The SMILES string of the molecule is N=C([O-])C[C@H](N)C(=O)O.[Na+]. The Morgan fingerprint density at radius 3 is 2.30 bits per heavy atom. The standard InChI is InChI=1S/C4H8N2O3.Na/c5-2(4(8)9)1-3(6)7;/h2H,1,5H2,(H2,6,7)(H,8,9);/q;+1/p-1/t2-;/m0./s1. The Labute approximate surface area is 80.0 Å². The summed E-state index contributed by atoms with van der Waals surface area (Å²) in [6.07, 6.45) is -0.421. The number of carboxylic acids is 1. The molecule has 0 aromatic heterocycles. The molecule has 0 fully saturated rings. The third-order valence-electron chi connectivity index (χ3n) is 0.723. The number of hydrogen-bond donors (Lipinski definition) is 3. The van der Waals surface area contributed by atoms with Crippen LogP contribution in [0, 0.1) is 5.41 Å². The van der Waals surface area contributed by atoms with Crippen LogP contribution in [0.4, 0.5) is 0 Å². The first kappa shape index (κ1) is 12.6. The van der Waals surface area contributed by atoms with Gasteiger partial charge in [-0.25, -0.2) is 0 Å².